The molecular weight excluding hydrogens is 383 g/mol. The molecule has 28 heavy (non-hydrogen) atoms. The maximum atomic E-state index is 14.3. The van der Waals surface area contributed by atoms with Crippen molar-refractivity contribution in [2.24, 2.45) is 0 Å². The zero-order chi connectivity index (χ0) is 20.3. The van der Waals surface area contributed by atoms with Gasteiger partial charge in [0.05, 0.1) is 0 Å². The van der Waals surface area contributed by atoms with Crippen LogP contribution in [0.15, 0.2) is 42.7 Å². The van der Waals surface area contributed by atoms with Gasteiger partial charge in [0.25, 0.3) is 0 Å². The third-order valence-electron chi connectivity index (χ3n) is 4.08. The number of benzene rings is 1. The largest absolute Gasteiger partial charge is 0.416 e. The molecule has 0 spiro atoms. The van der Waals surface area contributed by atoms with Gasteiger partial charge in [0, 0.05) is 60.3 Å². The minimum absolute atomic E-state index is 0.0670. The summed E-state index contributed by atoms with van der Waals surface area (Å²) in [7, 11) is 3.13. The van der Waals surface area contributed by atoms with E-state index in [-0.39, 0.29) is 22.9 Å². The molecule has 3 rings (SSSR count). The van der Waals surface area contributed by atoms with Crippen molar-refractivity contribution in [3.8, 4) is 17.3 Å². The number of carbonyl (C=O) groups excluding carboxylic acids is 1. The fourth-order valence-electron chi connectivity index (χ4n) is 2.54. The van der Waals surface area contributed by atoms with Crippen molar-refractivity contribution >= 4 is 17.7 Å². The van der Waals surface area contributed by atoms with Gasteiger partial charge in [0.1, 0.15) is 5.82 Å². The van der Waals surface area contributed by atoms with Crippen molar-refractivity contribution in [3.05, 3.63) is 70.4 Å². The van der Waals surface area contributed by atoms with E-state index in [2.05, 4.69) is 15.0 Å². The molecule has 1 aromatic carbocycles. The molecular formula is C20H18ClFN4O2. The molecule has 0 unspecified atom stereocenters. The highest BCUT2D eigenvalue weighted by atomic mass is 35.5. The fraction of sp³-hybridized carbons (Fsp3) is 0.200. The van der Waals surface area contributed by atoms with Crippen LogP contribution in [0.5, 0.6) is 5.88 Å². The maximum Gasteiger partial charge on any atom is 0.416 e. The molecule has 0 saturated carbocycles. The Bertz CT molecular complexity index is 992. The summed E-state index contributed by atoms with van der Waals surface area (Å²) in [5.74, 6) is -0.00262. The number of hydrogen-bond donors (Lipinski definition) is 0. The Balaban J connectivity index is 2.11. The second-order valence-electron chi connectivity index (χ2n) is 6.29. The minimum atomic E-state index is -0.598. The van der Waals surface area contributed by atoms with Crippen LogP contribution in [0.25, 0.3) is 11.4 Å². The van der Waals surface area contributed by atoms with Gasteiger partial charge in [-0.05, 0) is 31.2 Å². The molecule has 0 N–H and O–H groups in total. The molecule has 0 atom stereocenters. The summed E-state index contributed by atoms with van der Waals surface area (Å²) in [6.45, 7) is 1.75. The second kappa shape index (κ2) is 8.31. The van der Waals surface area contributed by atoms with E-state index in [1.807, 2.05) is 0 Å². The first-order valence-corrected chi connectivity index (χ1v) is 8.84. The van der Waals surface area contributed by atoms with Gasteiger partial charge in [-0.2, -0.15) is 4.98 Å². The topological polar surface area (TPSA) is 68.2 Å². The molecule has 2 aromatic heterocycles. The molecule has 3 aromatic rings. The summed E-state index contributed by atoms with van der Waals surface area (Å²) in [6, 6.07) is 7.96. The summed E-state index contributed by atoms with van der Waals surface area (Å²) in [4.78, 5) is 26.3. The Morgan fingerprint density at radius 2 is 1.86 bits per heavy atom. The van der Waals surface area contributed by atoms with E-state index < -0.39 is 11.9 Å². The van der Waals surface area contributed by atoms with Gasteiger partial charge in [0.2, 0.25) is 5.88 Å². The highest BCUT2D eigenvalue weighted by molar-refractivity contribution is 6.31. The summed E-state index contributed by atoms with van der Waals surface area (Å²) in [6.07, 6.45) is 2.73. The lowest BCUT2D eigenvalue weighted by Crippen LogP contribution is -2.26. The normalized spacial score (nSPS) is 10.6. The molecule has 144 valence electrons. The number of ether oxygens (including phenoxy) is 1. The maximum absolute atomic E-state index is 14.3. The molecule has 0 fully saturated rings. The lowest BCUT2D eigenvalue weighted by atomic mass is 10.0. The first kappa shape index (κ1) is 19.7. The molecule has 6 nitrogen and oxygen atoms in total. The number of halogens is 2. The molecule has 0 saturated heterocycles. The van der Waals surface area contributed by atoms with Crippen molar-refractivity contribution in [3.63, 3.8) is 0 Å². The van der Waals surface area contributed by atoms with Crippen molar-refractivity contribution in [2.45, 2.75) is 13.3 Å². The van der Waals surface area contributed by atoms with Crippen molar-refractivity contribution < 1.29 is 13.9 Å². The predicted octanol–water partition coefficient (Wildman–Crippen LogP) is 4.29. The van der Waals surface area contributed by atoms with Crippen LogP contribution in [0.3, 0.4) is 0 Å². The summed E-state index contributed by atoms with van der Waals surface area (Å²) in [5, 5.41) is 0.280. The average molecular weight is 401 g/mol. The highest BCUT2D eigenvalue weighted by Crippen LogP contribution is 2.30. The monoisotopic (exact) mass is 400 g/mol. The van der Waals surface area contributed by atoms with E-state index in [0.29, 0.717) is 17.1 Å². The van der Waals surface area contributed by atoms with Gasteiger partial charge in [-0.1, -0.05) is 17.7 Å². The molecule has 0 aliphatic heterocycles. The standard InChI is InChI=1S/C20H18ClFN4O2/c1-12-14(11-15-16(21)5-4-6-17(15)22)19(28-20(27)26(2)3)25-18(24-12)13-7-9-23-10-8-13/h4-10H,11H2,1-3H3. The number of aromatic nitrogens is 3. The number of aryl methyl sites for hydroxylation is 1. The van der Waals surface area contributed by atoms with Gasteiger partial charge in [-0.25, -0.2) is 14.2 Å². The van der Waals surface area contributed by atoms with Gasteiger partial charge >= 0.3 is 6.09 Å². The zero-order valence-electron chi connectivity index (χ0n) is 15.6. The van der Waals surface area contributed by atoms with Crippen LogP contribution in [0.1, 0.15) is 16.8 Å². The Labute approximate surface area is 167 Å². The number of amides is 1. The van der Waals surface area contributed by atoms with Gasteiger partial charge < -0.3 is 9.64 Å². The molecule has 0 aliphatic rings. The fourth-order valence-corrected chi connectivity index (χ4v) is 2.77. The molecule has 2 heterocycles. The number of carbonyl (C=O) groups is 1. The summed E-state index contributed by atoms with van der Waals surface area (Å²) >= 11 is 6.16. The molecule has 0 bridgehead atoms. The van der Waals surface area contributed by atoms with E-state index in [0.717, 1.165) is 5.56 Å². The third-order valence-corrected chi connectivity index (χ3v) is 4.43. The van der Waals surface area contributed by atoms with Gasteiger partial charge in [-0.3, -0.25) is 4.98 Å². The first-order valence-electron chi connectivity index (χ1n) is 8.46. The quantitative estimate of drug-likeness (QED) is 0.653. The smallest absolute Gasteiger partial charge is 0.391 e. The molecule has 1 amide bonds. The van der Waals surface area contributed by atoms with Crippen molar-refractivity contribution in [1.29, 1.82) is 0 Å². The van der Waals surface area contributed by atoms with Crippen LogP contribution in [0.2, 0.25) is 5.02 Å². The average Bonchev–Trinajstić information content (AvgIpc) is 2.67. The van der Waals surface area contributed by atoms with Crippen molar-refractivity contribution in [2.75, 3.05) is 14.1 Å². The van der Waals surface area contributed by atoms with Crippen LogP contribution in [0, 0.1) is 12.7 Å². The first-order chi connectivity index (χ1) is 13.4. The van der Waals surface area contributed by atoms with E-state index in [9.17, 15) is 9.18 Å². The van der Waals surface area contributed by atoms with E-state index >= 15 is 0 Å². The van der Waals surface area contributed by atoms with E-state index in [1.54, 1.807) is 51.6 Å². The lowest BCUT2D eigenvalue weighted by molar-refractivity contribution is 0.169. The minimum Gasteiger partial charge on any atom is -0.391 e. The predicted molar refractivity (Wildman–Crippen MR) is 104 cm³/mol. The van der Waals surface area contributed by atoms with Crippen LogP contribution in [-0.4, -0.2) is 40.0 Å². The summed E-state index contributed by atoms with van der Waals surface area (Å²) in [5.41, 5.74) is 2.05. The number of nitrogens with zero attached hydrogens (tertiary/aromatic N) is 4. The van der Waals surface area contributed by atoms with Crippen LogP contribution in [-0.2, 0) is 6.42 Å². The van der Waals surface area contributed by atoms with Gasteiger partial charge in [-0.15, -0.1) is 0 Å². The molecule has 0 radical (unpaired) electrons. The van der Waals surface area contributed by atoms with Crippen LogP contribution in [0.4, 0.5) is 9.18 Å². The Kier molecular flexibility index (Phi) is 5.84. The van der Waals surface area contributed by atoms with Crippen LogP contribution < -0.4 is 4.74 Å². The highest BCUT2D eigenvalue weighted by Gasteiger charge is 2.20. The zero-order valence-corrected chi connectivity index (χ0v) is 16.4. The molecule has 8 heteroatoms. The second-order valence-corrected chi connectivity index (χ2v) is 6.70. The Hall–Kier alpha value is -3.06. The third kappa shape index (κ3) is 4.26. The number of pyridine rings is 1. The number of rotatable bonds is 4. The van der Waals surface area contributed by atoms with Crippen molar-refractivity contribution in [1.82, 2.24) is 19.9 Å². The Morgan fingerprint density at radius 1 is 1.14 bits per heavy atom. The summed E-state index contributed by atoms with van der Waals surface area (Å²) < 4.78 is 19.7. The molecule has 0 aliphatic carbocycles. The lowest BCUT2D eigenvalue weighted by Gasteiger charge is -2.16. The van der Waals surface area contributed by atoms with E-state index in [4.69, 9.17) is 16.3 Å². The van der Waals surface area contributed by atoms with Crippen LogP contribution >= 0.6 is 11.6 Å². The van der Waals surface area contributed by atoms with E-state index in [1.165, 1.54) is 17.0 Å². The number of hydrogen-bond acceptors (Lipinski definition) is 5. The Morgan fingerprint density at radius 3 is 2.50 bits per heavy atom. The SMILES string of the molecule is Cc1nc(-c2ccncc2)nc(OC(=O)N(C)C)c1Cc1c(F)cccc1Cl. The van der Waals surface area contributed by atoms with Gasteiger partial charge in [0.15, 0.2) is 5.82 Å².